The fraction of sp³-hybridized carbons (Fsp3) is 0.647. The summed E-state index contributed by atoms with van der Waals surface area (Å²) in [6, 6.07) is 7.94. The minimum Gasteiger partial charge on any atom is -0.316 e. The smallest absolute Gasteiger partial charge is 0.158 e. The third kappa shape index (κ3) is 4.55. The number of rotatable bonds is 4. The first-order valence-electron chi connectivity index (χ1n) is 7.97. The van der Waals surface area contributed by atoms with E-state index in [1.54, 1.807) is 0 Å². The van der Waals surface area contributed by atoms with Crippen LogP contribution in [0.15, 0.2) is 24.3 Å². The first kappa shape index (κ1) is 16.5. The third-order valence-electron chi connectivity index (χ3n) is 4.48. The standard InChI is InChI=1S/C17H27NO2S/c1-14-8-7-9-15(12-14)13-21(19,20)17-11-6-4-3-5-10-16(17)18-2/h7-9,12,16-18H,3-6,10-11,13H2,1-2H3. The molecule has 1 aliphatic carbocycles. The topological polar surface area (TPSA) is 46.2 Å². The molecule has 2 unspecified atom stereocenters. The summed E-state index contributed by atoms with van der Waals surface area (Å²) in [7, 11) is -1.23. The lowest BCUT2D eigenvalue weighted by molar-refractivity contribution is 0.405. The van der Waals surface area contributed by atoms with Crippen LogP contribution in [0.5, 0.6) is 0 Å². The van der Waals surface area contributed by atoms with Crippen LogP contribution >= 0.6 is 0 Å². The first-order valence-corrected chi connectivity index (χ1v) is 9.69. The Kier molecular flexibility index (Phi) is 5.82. The maximum atomic E-state index is 12.9. The Hall–Kier alpha value is -0.870. The molecule has 0 aromatic heterocycles. The molecule has 1 aromatic carbocycles. The van der Waals surface area contributed by atoms with E-state index in [2.05, 4.69) is 5.32 Å². The van der Waals surface area contributed by atoms with Gasteiger partial charge in [0.05, 0.1) is 11.0 Å². The highest BCUT2D eigenvalue weighted by molar-refractivity contribution is 7.91. The molecule has 1 aliphatic rings. The van der Waals surface area contributed by atoms with Gasteiger partial charge in [-0.25, -0.2) is 8.42 Å². The second-order valence-electron chi connectivity index (χ2n) is 6.22. The summed E-state index contributed by atoms with van der Waals surface area (Å²) in [5.41, 5.74) is 2.03. The second-order valence-corrected chi connectivity index (χ2v) is 8.44. The van der Waals surface area contributed by atoms with Crippen molar-refractivity contribution in [2.24, 2.45) is 0 Å². The third-order valence-corrected chi connectivity index (χ3v) is 6.71. The van der Waals surface area contributed by atoms with Crippen LogP contribution in [-0.4, -0.2) is 26.8 Å². The van der Waals surface area contributed by atoms with Crippen LogP contribution in [0.3, 0.4) is 0 Å². The first-order chi connectivity index (χ1) is 10.0. The van der Waals surface area contributed by atoms with Crippen molar-refractivity contribution >= 4 is 9.84 Å². The maximum absolute atomic E-state index is 12.9. The van der Waals surface area contributed by atoms with Crippen molar-refractivity contribution in [3.63, 3.8) is 0 Å². The fourth-order valence-corrected chi connectivity index (χ4v) is 5.51. The lowest BCUT2D eigenvalue weighted by atomic mass is 9.96. The van der Waals surface area contributed by atoms with Gasteiger partial charge in [-0.15, -0.1) is 0 Å². The SMILES string of the molecule is CNC1CCCCCCC1S(=O)(=O)Cc1cccc(C)c1. The molecule has 3 nitrogen and oxygen atoms in total. The molecule has 21 heavy (non-hydrogen) atoms. The number of hydrogen-bond acceptors (Lipinski definition) is 3. The Labute approximate surface area is 129 Å². The van der Waals surface area contributed by atoms with Crippen LogP contribution in [0.4, 0.5) is 0 Å². The van der Waals surface area contributed by atoms with Gasteiger partial charge in [0.1, 0.15) is 0 Å². The van der Waals surface area contributed by atoms with Crippen LogP contribution in [-0.2, 0) is 15.6 Å². The molecule has 118 valence electrons. The van der Waals surface area contributed by atoms with Gasteiger partial charge >= 0.3 is 0 Å². The minimum absolute atomic E-state index is 0.0973. The highest BCUT2D eigenvalue weighted by Crippen LogP contribution is 2.25. The van der Waals surface area contributed by atoms with Crippen molar-refractivity contribution in [2.45, 2.75) is 62.5 Å². The zero-order valence-electron chi connectivity index (χ0n) is 13.1. The van der Waals surface area contributed by atoms with E-state index in [-0.39, 0.29) is 17.0 Å². The average molecular weight is 309 g/mol. The van der Waals surface area contributed by atoms with E-state index in [4.69, 9.17) is 0 Å². The van der Waals surface area contributed by atoms with Crippen LogP contribution < -0.4 is 5.32 Å². The van der Waals surface area contributed by atoms with Crippen molar-refractivity contribution in [2.75, 3.05) is 7.05 Å². The highest BCUT2D eigenvalue weighted by Gasteiger charge is 2.32. The van der Waals surface area contributed by atoms with E-state index in [0.717, 1.165) is 43.2 Å². The largest absolute Gasteiger partial charge is 0.316 e. The van der Waals surface area contributed by atoms with Crippen LogP contribution in [0.1, 0.15) is 49.7 Å². The van der Waals surface area contributed by atoms with Gasteiger partial charge in [0, 0.05) is 6.04 Å². The molecule has 0 aliphatic heterocycles. The summed E-state index contributed by atoms with van der Waals surface area (Å²) >= 11 is 0. The fourth-order valence-electron chi connectivity index (χ4n) is 3.35. The number of nitrogens with one attached hydrogen (secondary N) is 1. The molecule has 2 atom stereocenters. The molecular formula is C17H27NO2S. The van der Waals surface area contributed by atoms with Gasteiger partial charge in [0.25, 0.3) is 0 Å². The molecule has 0 spiro atoms. The number of sulfone groups is 1. The Balaban J connectivity index is 2.18. The summed E-state index contributed by atoms with van der Waals surface area (Å²) in [6.07, 6.45) is 6.29. The Morgan fingerprint density at radius 2 is 1.86 bits per heavy atom. The Morgan fingerprint density at radius 1 is 1.14 bits per heavy atom. The van der Waals surface area contributed by atoms with Crippen molar-refractivity contribution < 1.29 is 8.42 Å². The van der Waals surface area contributed by atoms with Gasteiger partial charge in [0.2, 0.25) is 0 Å². The molecule has 1 aromatic rings. The van der Waals surface area contributed by atoms with E-state index < -0.39 is 9.84 Å². The van der Waals surface area contributed by atoms with Gasteiger partial charge in [-0.3, -0.25) is 0 Å². The molecular weight excluding hydrogens is 282 g/mol. The molecule has 0 amide bonds. The van der Waals surface area contributed by atoms with Gasteiger partial charge in [0.15, 0.2) is 9.84 Å². The van der Waals surface area contributed by atoms with E-state index in [1.807, 2.05) is 38.2 Å². The second kappa shape index (κ2) is 7.41. The van der Waals surface area contributed by atoms with Crippen molar-refractivity contribution in [1.82, 2.24) is 5.32 Å². The van der Waals surface area contributed by atoms with Gasteiger partial charge in [-0.2, -0.15) is 0 Å². The highest BCUT2D eigenvalue weighted by atomic mass is 32.2. The molecule has 0 saturated heterocycles. The van der Waals surface area contributed by atoms with Crippen molar-refractivity contribution in [1.29, 1.82) is 0 Å². The summed E-state index contributed by atoms with van der Waals surface area (Å²) in [6.45, 7) is 2.00. The lowest BCUT2D eigenvalue weighted by Crippen LogP contribution is -2.43. The molecule has 0 bridgehead atoms. The number of hydrogen-bond donors (Lipinski definition) is 1. The molecule has 4 heteroatoms. The quantitative estimate of drug-likeness (QED) is 0.929. The summed E-state index contributed by atoms with van der Waals surface area (Å²) < 4.78 is 25.7. The average Bonchev–Trinajstić information content (AvgIpc) is 2.37. The molecule has 2 rings (SSSR count). The molecule has 0 radical (unpaired) electrons. The van der Waals surface area contributed by atoms with E-state index in [9.17, 15) is 8.42 Å². The zero-order chi connectivity index (χ0) is 15.3. The Morgan fingerprint density at radius 3 is 2.52 bits per heavy atom. The minimum atomic E-state index is -3.12. The van der Waals surface area contributed by atoms with Crippen LogP contribution in [0.25, 0.3) is 0 Å². The van der Waals surface area contributed by atoms with E-state index in [1.165, 1.54) is 6.42 Å². The Bertz CT molecular complexity index is 554. The van der Waals surface area contributed by atoms with E-state index >= 15 is 0 Å². The van der Waals surface area contributed by atoms with Crippen molar-refractivity contribution in [3.8, 4) is 0 Å². The monoisotopic (exact) mass is 309 g/mol. The van der Waals surface area contributed by atoms with Crippen LogP contribution in [0, 0.1) is 6.92 Å². The molecule has 1 fully saturated rings. The van der Waals surface area contributed by atoms with Gasteiger partial charge < -0.3 is 5.32 Å². The predicted octanol–water partition coefficient (Wildman–Crippen LogP) is 3.22. The summed E-state index contributed by atoms with van der Waals surface area (Å²) in [4.78, 5) is 0. The summed E-state index contributed by atoms with van der Waals surface area (Å²) in [5.74, 6) is 0.164. The van der Waals surface area contributed by atoms with Gasteiger partial charge in [-0.1, -0.05) is 55.5 Å². The zero-order valence-corrected chi connectivity index (χ0v) is 14.0. The molecule has 1 N–H and O–H groups in total. The van der Waals surface area contributed by atoms with Gasteiger partial charge in [-0.05, 0) is 32.4 Å². The number of benzene rings is 1. The van der Waals surface area contributed by atoms with Crippen molar-refractivity contribution in [3.05, 3.63) is 35.4 Å². The van der Waals surface area contributed by atoms with E-state index in [0.29, 0.717) is 0 Å². The molecule has 0 heterocycles. The number of aryl methyl sites for hydroxylation is 1. The molecule has 1 saturated carbocycles. The summed E-state index contributed by atoms with van der Waals surface area (Å²) in [5, 5.41) is 3.00. The predicted molar refractivity (Wildman–Crippen MR) is 88.1 cm³/mol. The lowest BCUT2D eigenvalue weighted by Gasteiger charge is -2.29. The normalized spacial score (nSPS) is 24.3. The maximum Gasteiger partial charge on any atom is 0.158 e. The van der Waals surface area contributed by atoms with Crippen LogP contribution in [0.2, 0.25) is 0 Å².